The molecule has 1 aromatic rings. The van der Waals surface area contributed by atoms with E-state index in [0.717, 1.165) is 6.29 Å². The highest BCUT2D eigenvalue weighted by atomic mass is 19.3. The lowest BCUT2D eigenvalue weighted by molar-refractivity contribution is -0.108. The van der Waals surface area contributed by atoms with Crippen LogP contribution in [0.25, 0.3) is 0 Å². The van der Waals surface area contributed by atoms with E-state index in [9.17, 15) is 13.6 Å². The predicted octanol–water partition coefficient (Wildman–Crippen LogP) is 3.33. The molecule has 2 nitrogen and oxygen atoms in total. The van der Waals surface area contributed by atoms with Crippen LogP contribution >= 0.6 is 0 Å². The molecule has 0 spiro atoms. The Labute approximate surface area is 93.2 Å². The minimum absolute atomic E-state index is 0.0614. The Morgan fingerprint density at radius 2 is 2.12 bits per heavy atom. The summed E-state index contributed by atoms with van der Waals surface area (Å²) in [6, 6.07) is 4.52. The van der Waals surface area contributed by atoms with E-state index in [2.05, 4.69) is 0 Å². The molecule has 0 amide bonds. The van der Waals surface area contributed by atoms with Gasteiger partial charge in [0.15, 0.2) is 0 Å². The van der Waals surface area contributed by atoms with Crippen molar-refractivity contribution < 1.29 is 18.3 Å². The van der Waals surface area contributed by atoms with E-state index in [0.29, 0.717) is 11.3 Å². The molecule has 0 bridgehead atoms. The van der Waals surface area contributed by atoms with Crippen molar-refractivity contribution in [2.75, 3.05) is 7.11 Å². The second-order valence-electron chi connectivity index (χ2n) is 3.57. The quantitative estimate of drug-likeness (QED) is 0.722. The molecule has 0 aliphatic carbocycles. The Bertz CT molecular complexity index is 364. The van der Waals surface area contributed by atoms with Gasteiger partial charge in [-0.2, -0.15) is 0 Å². The van der Waals surface area contributed by atoms with Crippen LogP contribution < -0.4 is 4.74 Å². The normalized spacial score (nSPS) is 12.6. The molecule has 0 radical (unpaired) electrons. The Hall–Kier alpha value is -1.45. The maximum Gasteiger partial charge on any atom is 0.264 e. The fourth-order valence-electron chi connectivity index (χ4n) is 1.72. The van der Waals surface area contributed by atoms with E-state index in [1.165, 1.54) is 19.2 Å². The van der Waals surface area contributed by atoms with E-state index in [1.807, 2.05) is 0 Å². The smallest absolute Gasteiger partial charge is 0.264 e. The molecule has 4 heteroatoms. The maximum atomic E-state index is 12.8. The molecule has 0 heterocycles. The van der Waals surface area contributed by atoms with Gasteiger partial charge in [-0.05, 0) is 12.0 Å². The number of rotatable bonds is 5. The third kappa shape index (κ3) is 2.56. The van der Waals surface area contributed by atoms with E-state index >= 15 is 0 Å². The number of hydrogen-bond donors (Lipinski definition) is 0. The van der Waals surface area contributed by atoms with Crippen molar-refractivity contribution in [2.45, 2.75) is 25.7 Å². The van der Waals surface area contributed by atoms with Gasteiger partial charge in [-0.1, -0.05) is 19.1 Å². The van der Waals surface area contributed by atoms with Crippen LogP contribution in [0.1, 0.15) is 36.8 Å². The second-order valence-corrected chi connectivity index (χ2v) is 3.57. The Kier molecular flexibility index (Phi) is 4.40. The fourth-order valence-corrected chi connectivity index (χ4v) is 1.72. The topological polar surface area (TPSA) is 26.3 Å². The lowest BCUT2D eigenvalue weighted by atomic mass is 9.92. The summed E-state index contributed by atoms with van der Waals surface area (Å²) in [5.74, 6) is 0.143. The number of alkyl halides is 2. The molecule has 1 rings (SSSR count). The fraction of sp³-hybridized carbons (Fsp3) is 0.417. The molecule has 0 aliphatic rings. The molecule has 0 aliphatic heterocycles. The summed E-state index contributed by atoms with van der Waals surface area (Å²) in [5.41, 5.74) is 0.362. The third-order valence-corrected chi connectivity index (χ3v) is 2.50. The highest BCUT2D eigenvalue weighted by molar-refractivity contribution is 5.54. The van der Waals surface area contributed by atoms with Crippen LogP contribution in [-0.2, 0) is 4.79 Å². The third-order valence-electron chi connectivity index (χ3n) is 2.50. The molecule has 0 N–H and O–H groups in total. The number of ether oxygens (including phenoxy) is 1. The summed E-state index contributed by atoms with van der Waals surface area (Å²) >= 11 is 0. The Morgan fingerprint density at radius 1 is 1.44 bits per heavy atom. The van der Waals surface area contributed by atoms with Crippen LogP contribution in [0.15, 0.2) is 18.2 Å². The van der Waals surface area contributed by atoms with Crippen LogP contribution in [-0.4, -0.2) is 13.4 Å². The Balaban J connectivity index is 3.23. The van der Waals surface area contributed by atoms with Crippen molar-refractivity contribution >= 4 is 6.29 Å². The summed E-state index contributed by atoms with van der Waals surface area (Å²) in [6.45, 7) is 1.73. The minimum atomic E-state index is -2.56. The van der Waals surface area contributed by atoms with Gasteiger partial charge in [0, 0.05) is 17.5 Å². The van der Waals surface area contributed by atoms with Crippen molar-refractivity contribution in [1.82, 2.24) is 0 Å². The van der Waals surface area contributed by atoms with Gasteiger partial charge in [0.1, 0.15) is 12.0 Å². The highest BCUT2D eigenvalue weighted by Gasteiger charge is 2.20. The monoisotopic (exact) mass is 228 g/mol. The molecule has 1 aromatic carbocycles. The Morgan fingerprint density at radius 3 is 2.62 bits per heavy atom. The second kappa shape index (κ2) is 5.58. The van der Waals surface area contributed by atoms with Gasteiger partial charge in [0.25, 0.3) is 6.43 Å². The van der Waals surface area contributed by atoms with E-state index in [-0.39, 0.29) is 17.9 Å². The van der Waals surface area contributed by atoms with E-state index in [1.54, 1.807) is 13.0 Å². The van der Waals surface area contributed by atoms with Crippen LogP contribution in [0.2, 0.25) is 0 Å². The van der Waals surface area contributed by atoms with Crippen LogP contribution in [0.4, 0.5) is 8.78 Å². The first-order chi connectivity index (χ1) is 7.61. The van der Waals surface area contributed by atoms with Crippen molar-refractivity contribution in [2.24, 2.45) is 0 Å². The molecular weight excluding hydrogens is 214 g/mol. The molecule has 0 aromatic heterocycles. The summed E-state index contributed by atoms with van der Waals surface area (Å²) in [7, 11) is 1.43. The first kappa shape index (κ1) is 12.6. The predicted molar refractivity (Wildman–Crippen MR) is 57.0 cm³/mol. The van der Waals surface area contributed by atoms with Crippen LogP contribution in [0.3, 0.4) is 0 Å². The molecule has 0 saturated carbocycles. The summed E-state index contributed by atoms with van der Waals surface area (Å²) < 4.78 is 30.7. The van der Waals surface area contributed by atoms with Crippen molar-refractivity contribution in [3.63, 3.8) is 0 Å². The molecular formula is C12H14F2O2. The number of halogens is 2. The standard InChI is InChI=1S/C12H14F2O2/c1-8(6-7-15)11-9(12(13)14)4-3-5-10(11)16-2/h3-5,7-8,12H,6H2,1-2H3. The molecule has 0 fully saturated rings. The number of carbonyl (C=O) groups is 1. The number of aldehydes is 1. The first-order valence-electron chi connectivity index (χ1n) is 5.00. The average molecular weight is 228 g/mol. The maximum absolute atomic E-state index is 12.8. The van der Waals surface area contributed by atoms with E-state index in [4.69, 9.17) is 4.74 Å². The first-order valence-corrected chi connectivity index (χ1v) is 5.00. The van der Waals surface area contributed by atoms with Crippen molar-refractivity contribution in [3.8, 4) is 5.75 Å². The van der Waals surface area contributed by atoms with Crippen LogP contribution in [0.5, 0.6) is 5.75 Å². The van der Waals surface area contributed by atoms with Gasteiger partial charge in [-0.25, -0.2) is 8.78 Å². The number of benzene rings is 1. The van der Waals surface area contributed by atoms with Gasteiger partial charge in [0.2, 0.25) is 0 Å². The van der Waals surface area contributed by atoms with Crippen molar-refractivity contribution in [3.05, 3.63) is 29.3 Å². The molecule has 88 valence electrons. The van der Waals surface area contributed by atoms with Gasteiger partial charge >= 0.3 is 0 Å². The van der Waals surface area contributed by atoms with Gasteiger partial charge in [-0.3, -0.25) is 0 Å². The van der Waals surface area contributed by atoms with E-state index < -0.39 is 6.43 Å². The van der Waals surface area contributed by atoms with Gasteiger partial charge in [-0.15, -0.1) is 0 Å². The largest absolute Gasteiger partial charge is 0.496 e. The number of methoxy groups -OCH3 is 1. The zero-order valence-electron chi connectivity index (χ0n) is 9.24. The average Bonchev–Trinajstić information content (AvgIpc) is 2.28. The lowest BCUT2D eigenvalue weighted by Crippen LogP contribution is -2.03. The van der Waals surface area contributed by atoms with Crippen molar-refractivity contribution in [1.29, 1.82) is 0 Å². The summed E-state index contributed by atoms with van der Waals surface area (Å²) in [5, 5.41) is 0. The van der Waals surface area contributed by atoms with Gasteiger partial charge < -0.3 is 9.53 Å². The highest BCUT2D eigenvalue weighted by Crippen LogP contribution is 2.36. The molecule has 1 atom stereocenters. The molecule has 16 heavy (non-hydrogen) atoms. The number of hydrogen-bond acceptors (Lipinski definition) is 2. The molecule has 1 unspecified atom stereocenters. The van der Waals surface area contributed by atoms with Gasteiger partial charge in [0.05, 0.1) is 7.11 Å². The SMILES string of the molecule is COc1cccc(C(F)F)c1C(C)CC=O. The number of carbonyl (C=O) groups excluding carboxylic acids is 1. The zero-order valence-corrected chi connectivity index (χ0v) is 9.24. The van der Waals surface area contributed by atoms with Crippen LogP contribution in [0, 0.1) is 0 Å². The lowest BCUT2D eigenvalue weighted by Gasteiger charge is -2.17. The zero-order chi connectivity index (χ0) is 12.1. The molecule has 0 saturated heterocycles. The minimum Gasteiger partial charge on any atom is -0.496 e. The summed E-state index contributed by atoms with van der Waals surface area (Å²) in [4.78, 5) is 10.4. The summed E-state index contributed by atoms with van der Waals surface area (Å²) in [6.07, 6.45) is -1.62.